The van der Waals surface area contributed by atoms with Crippen LogP contribution in [0.25, 0.3) is 5.69 Å². The second-order valence-electron chi connectivity index (χ2n) is 5.07. The van der Waals surface area contributed by atoms with Gasteiger partial charge in [-0.1, -0.05) is 35.3 Å². The Morgan fingerprint density at radius 3 is 2.76 bits per heavy atom. The largest absolute Gasteiger partial charge is 0.272 e. The van der Waals surface area contributed by atoms with Gasteiger partial charge in [-0.2, -0.15) is 5.10 Å². The number of tetrazole rings is 1. The number of hydrogen-bond acceptors (Lipinski definition) is 5. The Morgan fingerprint density at radius 2 is 2.04 bits per heavy atom. The molecule has 0 aliphatic rings. The summed E-state index contributed by atoms with van der Waals surface area (Å²) in [4.78, 5) is 12.2. The summed E-state index contributed by atoms with van der Waals surface area (Å²) in [5.41, 5.74) is 5.00. The fourth-order valence-corrected chi connectivity index (χ4v) is 2.58. The molecule has 9 heteroatoms. The molecule has 1 amide bonds. The summed E-state index contributed by atoms with van der Waals surface area (Å²) in [5.74, 6) is -0.419. The van der Waals surface area contributed by atoms with Gasteiger partial charge in [-0.15, -0.1) is 5.10 Å². The molecule has 0 spiro atoms. The van der Waals surface area contributed by atoms with Crippen LogP contribution in [0.3, 0.4) is 0 Å². The van der Waals surface area contributed by atoms with E-state index in [0.717, 1.165) is 11.3 Å². The SMILES string of the molecule is CC(=NNC(=O)c1ccc(Cl)cc1Cl)c1cccc(-n2cnnn2)c1. The maximum atomic E-state index is 12.2. The molecule has 126 valence electrons. The highest BCUT2D eigenvalue weighted by atomic mass is 35.5. The third kappa shape index (κ3) is 4.01. The molecule has 1 aromatic heterocycles. The van der Waals surface area contributed by atoms with Gasteiger partial charge in [0.15, 0.2) is 0 Å². The first-order valence-corrected chi connectivity index (χ1v) is 7.93. The van der Waals surface area contributed by atoms with Crippen molar-refractivity contribution in [3.05, 3.63) is 70.0 Å². The Bertz CT molecular complexity index is 940. The Labute approximate surface area is 153 Å². The van der Waals surface area contributed by atoms with Crippen molar-refractivity contribution in [3.8, 4) is 5.69 Å². The molecule has 0 aliphatic heterocycles. The van der Waals surface area contributed by atoms with E-state index >= 15 is 0 Å². The van der Waals surface area contributed by atoms with E-state index < -0.39 is 5.91 Å². The summed E-state index contributed by atoms with van der Waals surface area (Å²) < 4.78 is 1.53. The summed E-state index contributed by atoms with van der Waals surface area (Å²) in [6.45, 7) is 1.78. The van der Waals surface area contributed by atoms with Crippen LogP contribution in [0.2, 0.25) is 10.0 Å². The van der Waals surface area contributed by atoms with E-state index in [4.69, 9.17) is 23.2 Å². The molecule has 0 unspecified atom stereocenters. The molecular weight excluding hydrogens is 363 g/mol. The highest BCUT2D eigenvalue weighted by Crippen LogP contribution is 2.20. The number of aromatic nitrogens is 4. The zero-order chi connectivity index (χ0) is 17.8. The van der Waals surface area contributed by atoms with Crippen molar-refractivity contribution in [1.29, 1.82) is 0 Å². The Hall–Kier alpha value is -2.77. The van der Waals surface area contributed by atoms with Gasteiger partial charge in [-0.3, -0.25) is 4.79 Å². The lowest BCUT2D eigenvalue weighted by Gasteiger charge is -2.06. The summed E-state index contributed by atoms with van der Waals surface area (Å²) >= 11 is 11.8. The number of rotatable bonds is 4. The van der Waals surface area contributed by atoms with E-state index in [1.807, 2.05) is 24.3 Å². The quantitative estimate of drug-likeness (QED) is 0.561. The first-order chi connectivity index (χ1) is 12.0. The predicted molar refractivity (Wildman–Crippen MR) is 95.3 cm³/mol. The zero-order valence-corrected chi connectivity index (χ0v) is 14.5. The van der Waals surface area contributed by atoms with E-state index in [1.165, 1.54) is 17.1 Å². The number of amides is 1. The highest BCUT2D eigenvalue weighted by molar-refractivity contribution is 6.36. The van der Waals surface area contributed by atoms with Gasteiger partial charge in [-0.25, -0.2) is 10.1 Å². The fraction of sp³-hybridized carbons (Fsp3) is 0.0625. The van der Waals surface area contributed by atoms with Crippen molar-refractivity contribution in [3.63, 3.8) is 0 Å². The molecule has 0 saturated heterocycles. The van der Waals surface area contributed by atoms with Crippen molar-refractivity contribution < 1.29 is 4.79 Å². The number of benzene rings is 2. The zero-order valence-electron chi connectivity index (χ0n) is 13.0. The summed E-state index contributed by atoms with van der Waals surface area (Å²) in [5, 5.41) is 15.9. The van der Waals surface area contributed by atoms with Crippen LogP contribution < -0.4 is 5.43 Å². The van der Waals surface area contributed by atoms with Crippen LogP contribution in [0.1, 0.15) is 22.8 Å². The second-order valence-corrected chi connectivity index (χ2v) is 5.91. The first-order valence-electron chi connectivity index (χ1n) is 7.18. The van der Waals surface area contributed by atoms with Crippen LogP contribution in [0, 0.1) is 0 Å². The van der Waals surface area contributed by atoms with Gasteiger partial charge in [0.25, 0.3) is 5.91 Å². The van der Waals surface area contributed by atoms with Crippen molar-refractivity contribution in [2.75, 3.05) is 0 Å². The summed E-state index contributed by atoms with van der Waals surface area (Å²) in [7, 11) is 0. The Balaban J connectivity index is 1.78. The third-order valence-electron chi connectivity index (χ3n) is 3.38. The molecule has 1 N–H and O–H groups in total. The minimum absolute atomic E-state index is 0.263. The lowest BCUT2D eigenvalue weighted by molar-refractivity contribution is 0.0955. The first kappa shape index (κ1) is 17.1. The van der Waals surface area contributed by atoms with Crippen molar-refractivity contribution >= 4 is 34.8 Å². The molecule has 0 aliphatic carbocycles. The van der Waals surface area contributed by atoms with Gasteiger partial charge in [0.05, 0.1) is 22.0 Å². The summed E-state index contributed by atoms with van der Waals surface area (Å²) in [6.07, 6.45) is 1.50. The minimum atomic E-state index is -0.419. The van der Waals surface area contributed by atoms with Gasteiger partial charge in [0.2, 0.25) is 0 Å². The number of carbonyl (C=O) groups excluding carboxylic acids is 1. The fourth-order valence-electron chi connectivity index (χ4n) is 2.09. The smallest absolute Gasteiger partial charge is 0.267 e. The molecule has 0 atom stereocenters. The van der Waals surface area contributed by atoms with Crippen molar-refractivity contribution in [2.45, 2.75) is 6.92 Å². The van der Waals surface area contributed by atoms with Crippen molar-refractivity contribution in [2.24, 2.45) is 5.10 Å². The molecule has 0 saturated carbocycles. The topological polar surface area (TPSA) is 85.1 Å². The van der Waals surface area contributed by atoms with Gasteiger partial charge in [0.1, 0.15) is 6.33 Å². The maximum Gasteiger partial charge on any atom is 0.272 e. The molecule has 1 heterocycles. The molecule has 0 radical (unpaired) electrons. The molecule has 0 bridgehead atoms. The Morgan fingerprint density at radius 1 is 1.20 bits per heavy atom. The number of halogens is 2. The van der Waals surface area contributed by atoms with Crippen LogP contribution in [-0.2, 0) is 0 Å². The molecule has 0 fully saturated rings. The minimum Gasteiger partial charge on any atom is -0.267 e. The number of hydrogen-bond donors (Lipinski definition) is 1. The second kappa shape index (κ2) is 7.42. The molecule has 7 nitrogen and oxygen atoms in total. The predicted octanol–water partition coefficient (Wildman–Crippen LogP) is 3.12. The van der Waals surface area contributed by atoms with Crippen LogP contribution >= 0.6 is 23.2 Å². The molecule has 3 rings (SSSR count). The van der Waals surface area contributed by atoms with E-state index in [1.54, 1.807) is 19.1 Å². The number of hydrazone groups is 1. The number of carbonyl (C=O) groups is 1. The standard InChI is InChI=1S/C16H12Cl2N6O/c1-10(11-3-2-4-13(7-11)24-9-19-22-23-24)20-21-16(25)14-6-5-12(17)8-15(14)18/h2-9H,1H3,(H,21,25). The van der Waals surface area contributed by atoms with Gasteiger partial charge < -0.3 is 0 Å². The number of nitrogens with one attached hydrogen (secondary N) is 1. The normalized spacial score (nSPS) is 11.4. The van der Waals surface area contributed by atoms with E-state index in [-0.39, 0.29) is 5.02 Å². The maximum absolute atomic E-state index is 12.2. The third-order valence-corrected chi connectivity index (χ3v) is 3.93. The monoisotopic (exact) mass is 374 g/mol. The van der Waals surface area contributed by atoms with Crippen molar-refractivity contribution in [1.82, 2.24) is 25.6 Å². The molecule has 3 aromatic rings. The molecule has 2 aromatic carbocycles. The van der Waals surface area contributed by atoms with Gasteiger partial charge >= 0.3 is 0 Å². The van der Waals surface area contributed by atoms with Gasteiger partial charge in [0, 0.05) is 5.02 Å². The van der Waals surface area contributed by atoms with Crippen LogP contribution in [-0.4, -0.2) is 31.8 Å². The molecular formula is C16H12Cl2N6O. The number of nitrogens with zero attached hydrogens (tertiary/aromatic N) is 5. The van der Waals surface area contributed by atoms with Crippen LogP contribution in [0.4, 0.5) is 0 Å². The van der Waals surface area contributed by atoms with E-state index in [0.29, 0.717) is 16.3 Å². The van der Waals surface area contributed by atoms with Crippen LogP contribution in [0.5, 0.6) is 0 Å². The van der Waals surface area contributed by atoms with E-state index in [9.17, 15) is 4.79 Å². The molecule has 25 heavy (non-hydrogen) atoms. The lowest BCUT2D eigenvalue weighted by atomic mass is 10.1. The lowest BCUT2D eigenvalue weighted by Crippen LogP contribution is -2.19. The summed E-state index contributed by atoms with van der Waals surface area (Å²) in [6, 6.07) is 12.1. The highest BCUT2D eigenvalue weighted by Gasteiger charge is 2.10. The Kier molecular flexibility index (Phi) is 5.06. The average molecular weight is 375 g/mol. The average Bonchev–Trinajstić information content (AvgIpc) is 3.14. The van der Waals surface area contributed by atoms with E-state index in [2.05, 4.69) is 26.1 Å². The van der Waals surface area contributed by atoms with Gasteiger partial charge in [-0.05, 0) is 53.2 Å². The van der Waals surface area contributed by atoms with Crippen LogP contribution in [0.15, 0.2) is 53.9 Å².